The lowest BCUT2D eigenvalue weighted by Crippen LogP contribution is -2.26. The van der Waals surface area contributed by atoms with Gasteiger partial charge in [0, 0.05) is 40.7 Å². The second-order valence-electron chi connectivity index (χ2n) is 4.82. The number of fused-ring (bicyclic) bond motifs is 1. The molecule has 3 nitrogen and oxygen atoms in total. The van der Waals surface area contributed by atoms with Crippen molar-refractivity contribution in [1.29, 1.82) is 0 Å². The van der Waals surface area contributed by atoms with Crippen molar-refractivity contribution in [2.24, 2.45) is 0 Å². The first-order valence-corrected chi connectivity index (χ1v) is 8.03. The Morgan fingerprint density at radius 2 is 2.25 bits per heavy atom. The zero-order chi connectivity index (χ0) is 13.9. The van der Waals surface area contributed by atoms with Crippen LogP contribution >= 0.6 is 23.4 Å². The van der Waals surface area contributed by atoms with E-state index in [-0.39, 0.29) is 0 Å². The fourth-order valence-corrected chi connectivity index (χ4v) is 3.41. The molecule has 0 saturated heterocycles. The molecule has 0 saturated carbocycles. The Bertz CT molecular complexity index is 631. The zero-order valence-electron chi connectivity index (χ0n) is 11.3. The van der Waals surface area contributed by atoms with E-state index in [0.717, 1.165) is 46.7 Å². The van der Waals surface area contributed by atoms with E-state index in [2.05, 4.69) is 23.3 Å². The molecule has 0 bridgehead atoms. The van der Waals surface area contributed by atoms with E-state index in [1.165, 1.54) is 11.3 Å². The Morgan fingerprint density at radius 3 is 3.10 bits per heavy atom. The van der Waals surface area contributed by atoms with Gasteiger partial charge in [0.05, 0.1) is 11.4 Å². The first-order chi connectivity index (χ1) is 9.72. The molecule has 0 fully saturated rings. The lowest BCUT2D eigenvalue weighted by Gasteiger charge is -2.18. The Balaban J connectivity index is 1.76. The lowest BCUT2D eigenvalue weighted by atomic mass is 10.1. The standard InChI is InChI=1S/C15H16ClN3S/c1-10-13-8-17-6-5-14(13)19-15(18-10)9-20-12-4-2-3-11(16)7-12/h2-4,7,17H,5-6,8-9H2,1H3. The average Bonchev–Trinajstić information content (AvgIpc) is 2.45. The number of hydrogen-bond donors (Lipinski definition) is 1. The van der Waals surface area contributed by atoms with Gasteiger partial charge in [-0.25, -0.2) is 9.97 Å². The second kappa shape index (κ2) is 6.12. The Labute approximate surface area is 128 Å². The maximum atomic E-state index is 6.00. The minimum atomic E-state index is 0.767. The molecule has 2 aromatic rings. The van der Waals surface area contributed by atoms with Gasteiger partial charge in [0.25, 0.3) is 0 Å². The monoisotopic (exact) mass is 305 g/mol. The van der Waals surface area contributed by atoms with Crippen molar-refractivity contribution < 1.29 is 0 Å². The second-order valence-corrected chi connectivity index (χ2v) is 6.31. The van der Waals surface area contributed by atoms with Crippen molar-refractivity contribution in [3.8, 4) is 0 Å². The minimum Gasteiger partial charge on any atom is -0.312 e. The first kappa shape index (κ1) is 13.9. The highest BCUT2D eigenvalue weighted by atomic mass is 35.5. The van der Waals surface area contributed by atoms with Gasteiger partial charge in [-0.15, -0.1) is 11.8 Å². The van der Waals surface area contributed by atoms with Gasteiger partial charge in [-0.2, -0.15) is 0 Å². The van der Waals surface area contributed by atoms with Crippen LogP contribution in [0.3, 0.4) is 0 Å². The van der Waals surface area contributed by atoms with Crippen molar-refractivity contribution in [1.82, 2.24) is 15.3 Å². The Morgan fingerprint density at radius 1 is 1.35 bits per heavy atom. The third-order valence-corrected chi connectivity index (χ3v) is 4.58. The number of nitrogens with one attached hydrogen (secondary N) is 1. The maximum Gasteiger partial charge on any atom is 0.139 e. The van der Waals surface area contributed by atoms with E-state index in [4.69, 9.17) is 16.6 Å². The van der Waals surface area contributed by atoms with Gasteiger partial charge in [0.2, 0.25) is 0 Å². The van der Waals surface area contributed by atoms with Crippen molar-refractivity contribution in [2.75, 3.05) is 6.54 Å². The summed E-state index contributed by atoms with van der Waals surface area (Å²) in [6.07, 6.45) is 0.994. The van der Waals surface area contributed by atoms with Gasteiger partial charge in [-0.1, -0.05) is 17.7 Å². The van der Waals surface area contributed by atoms with Gasteiger partial charge < -0.3 is 5.32 Å². The van der Waals surface area contributed by atoms with E-state index in [1.54, 1.807) is 11.8 Å². The number of nitrogens with zero attached hydrogens (tertiary/aromatic N) is 2. The SMILES string of the molecule is Cc1nc(CSc2cccc(Cl)c2)nc2c1CNCC2. The van der Waals surface area contributed by atoms with E-state index in [9.17, 15) is 0 Å². The lowest BCUT2D eigenvalue weighted by molar-refractivity contribution is 0.617. The van der Waals surface area contributed by atoms with E-state index in [0.29, 0.717) is 0 Å². The summed E-state index contributed by atoms with van der Waals surface area (Å²) in [5.41, 5.74) is 3.58. The molecule has 0 atom stereocenters. The predicted octanol–water partition coefficient (Wildman–Crippen LogP) is 3.38. The summed E-state index contributed by atoms with van der Waals surface area (Å²) >= 11 is 7.72. The van der Waals surface area contributed by atoms with E-state index < -0.39 is 0 Å². The summed E-state index contributed by atoms with van der Waals surface area (Å²) in [7, 11) is 0. The summed E-state index contributed by atoms with van der Waals surface area (Å²) in [5.74, 6) is 1.69. The molecule has 3 rings (SSSR count). The topological polar surface area (TPSA) is 37.8 Å². The molecule has 0 amide bonds. The van der Waals surface area contributed by atoms with Crippen molar-refractivity contribution >= 4 is 23.4 Å². The van der Waals surface area contributed by atoms with Crippen molar-refractivity contribution in [2.45, 2.75) is 30.5 Å². The smallest absolute Gasteiger partial charge is 0.139 e. The van der Waals surface area contributed by atoms with Gasteiger partial charge in [-0.3, -0.25) is 0 Å². The molecule has 1 aromatic carbocycles. The fourth-order valence-electron chi connectivity index (χ4n) is 2.34. The van der Waals surface area contributed by atoms with Crippen LogP contribution in [0, 0.1) is 6.92 Å². The first-order valence-electron chi connectivity index (χ1n) is 6.67. The van der Waals surface area contributed by atoms with Crippen LogP contribution in [0.1, 0.15) is 22.8 Å². The van der Waals surface area contributed by atoms with E-state index in [1.807, 2.05) is 18.2 Å². The molecule has 1 aliphatic heterocycles. The molecule has 1 aromatic heterocycles. The van der Waals surface area contributed by atoms with Gasteiger partial charge in [0.15, 0.2) is 0 Å². The fraction of sp³-hybridized carbons (Fsp3) is 0.333. The summed E-state index contributed by atoms with van der Waals surface area (Å²) in [5, 5.41) is 4.13. The Kier molecular flexibility index (Phi) is 4.24. The molecule has 1 aliphatic rings. The van der Waals surface area contributed by atoms with Crippen LogP contribution in [0.4, 0.5) is 0 Å². The highest BCUT2D eigenvalue weighted by molar-refractivity contribution is 7.98. The molecule has 20 heavy (non-hydrogen) atoms. The largest absolute Gasteiger partial charge is 0.312 e. The molecule has 104 valence electrons. The molecule has 2 heterocycles. The molecule has 5 heteroatoms. The van der Waals surface area contributed by atoms with Gasteiger partial charge >= 0.3 is 0 Å². The normalized spacial score (nSPS) is 14.1. The highest BCUT2D eigenvalue weighted by Crippen LogP contribution is 2.25. The molecule has 1 N–H and O–H groups in total. The van der Waals surface area contributed by atoms with Crippen LogP contribution < -0.4 is 5.32 Å². The van der Waals surface area contributed by atoms with Crippen molar-refractivity contribution in [3.63, 3.8) is 0 Å². The summed E-state index contributed by atoms with van der Waals surface area (Å²) < 4.78 is 0. The number of aromatic nitrogens is 2. The van der Waals surface area contributed by atoms with Crippen LogP contribution in [0.5, 0.6) is 0 Å². The Hall–Kier alpha value is -1.10. The quantitative estimate of drug-likeness (QED) is 0.882. The molecular weight excluding hydrogens is 290 g/mol. The molecule has 0 aliphatic carbocycles. The number of aryl methyl sites for hydroxylation is 1. The number of thioether (sulfide) groups is 1. The average molecular weight is 306 g/mol. The summed E-state index contributed by atoms with van der Waals surface area (Å²) in [4.78, 5) is 10.5. The number of hydrogen-bond acceptors (Lipinski definition) is 4. The third kappa shape index (κ3) is 3.14. The molecule has 0 spiro atoms. The van der Waals surface area contributed by atoms with Gasteiger partial charge in [-0.05, 0) is 25.1 Å². The molecular formula is C15H16ClN3S. The van der Waals surface area contributed by atoms with Gasteiger partial charge in [0.1, 0.15) is 5.82 Å². The van der Waals surface area contributed by atoms with Crippen LogP contribution in [-0.4, -0.2) is 16.5 Å². The molecule has 0 unspecified atom stereocenters. The van der Waals surface area contributed by atoms with Crippen molar-refractivity contribution in [3.05, 3.63) is 52.1 Å². The highest BCUT2D eigenvalue weighted by Gasteiger charge is 2.15. The molecule has 0 radical (unpaired) electrons. The zero-order valence-corrected chi connectivity index (χ0v) is 12.9. The van der Waals surface area contributed by atoms with Crippen LogP contribution in [0.25, 0.3) is 0 Å². The van der Waals surface area contributed by atoms with Crippen LogP contribution in [-0.2, 0) is 18.7 Å². The number of rotatable bonds is 3. The van der Waals surface area contributed by atoms with Crippen LogP contribution in [0.2, 0.25) is 5.02 Å². The minimum absolute atomic E-state index is 0.767. The number of halogens is 1. The summed E-state index contributed by atoms with van der Waals surface area (Å²) in [6, 6.07) is 7.89. The maximum absolute atomic E-state index is 6.00. The van der Waals surface area contributed by atoms with Crippen LogP contribution in [0.15, 0.2) is 29.2 Å². The predicted molar refractivity (Wildman–Crippen MR) is 83.2 cm³/mol. The summed E-state index contributed by atoms with van der Waals surface area (Å²) in [6.45, 7) is 3.97. The van der Waals surface area contributed by atoms with E-state index >= 15 is 0 Å². The number of benzene rings is 1. The third-order valence-electron chi connectivity index (χ3n) is 3.35.